The Balaban J connectivity index is 0.000000419. The van der Waals surface area contributed by atoms with Crippen molar-refractivity contribution in [3.8, 4) is 11.5 Å². The first-order chi connectivity index (χ1) is 37.2. The van der Waals surface area contributed by atoms with Gasteiger partial charge in [0.2, 0.25) is 11.8 Å². The molecule has 436 valence electrons. The Morgan fingerprint density at radius 1 is 0.628 bits per heavy atom. The minimum atomic E-state index is -1.21. The number of hydrogen-bond acceptors (Lipinski definition) is 12. The lowest BCUT2D eigenvalue weighted by Gasteiger charge is -2.26. The molecule has 0 saturated heterocycles. The number of aryl methyl sites for hydroxylation is 2. The van der Waals surface area contributed by atoms with Gasteiger partial charge >= 0.3 is 11.9 Å². The molecule has 2 aliphatic rings. The summed E-state index contributed by atoms with van der Waals surface area (Å²) in [5, 5.41) is 19.7. The average molecular weight is 1110 g/mol. The van der Waals surface area contributed by atoms with Crippen molar-refractivity contribution in [1.82, 2.24) is 9.80 Å². The van der Waals surface area contributed by atoms with E-state index in [4.69, 9.17) is 30.4 Å². The summed E-state index contributed by atoms with van der Waals surface area (Å²) in [6.07, 6.45) is 23.9. The third-order valence-electron chi connectivity index (χ3n) is 14.4. The van der Waals surface area contributed by atoms with Crippen LogP contribution >= 0.6 is 0 Å². The molecule has 0 saturated carbocycles. The lowest BCUT2D eigenvalue weighted by molar-refractivity contribution is -0.155. The number of rotatable bonds is 36. The van der Waals surface area contributed by atoms with Gasteiger partial charge in [-0.25, -0.2) is 9.59 Å². The van der Waals surface area contributed by atoms with Crippen LogP contribution in [0.2, 0.25) is 25.7 Å². The Kier molecular flexibility index (Phi) is 30.7. The second-order valence-electron chi connectivity index (χ2n) is 22.4. The van der Waals surface area contributed by atoms with Crippen LogP contribution in [0.5, 0.6) is 11.5 Å². The van der Waals surface area contributed by atoms with Crippen LogP contribution in [0, 0.1) is 19.8 Å². The van der Waals surface area contributed by atoms with Gasteiger partial charge < -0.3 is 50.4 Å². The highest BCUT2D eigenvalue weighted by Gasteiger charge is 2.37. The van der Waals surface area contributed by atoms with Gasteiger partial charge in [-0.3, -0.25) is 19.2 Å². The molecule has 2 aliphatic heterocycles. The van der Waals surface area contributed by atoms with E-state index in [2.05, 4.69) is 33.5 Å². The third-order valence-corrected chi connectivity index (χ3v) is 16.2. The molecule has 2 heterocycles. The molecule has 0 aliphatic carbocycles. The molecule has 0 spiro atoms. The SMILES string of the molecule is CCCCCC[C@H](CCCCC[C@@H](C)C(N)=O)OC(=O)[C@@H]1CC=CN1C(=O)c1c(C)cccc1OCOCC[Si](C)(C)C.CCCCCC[C@H](CCCCC[C@@H](O)C(N)=O)OC(=O)[C@@H]1CC=CN1C(=O)c1c(C)cccc1O. The van der Waals surface area contributed by atoms with Gasteiger partial charge in [-0.1, -0.05) is 141 Å². The van der Waals surface area contributed by atoms with Crippen LogP contribution in [-0.2, 0) is 33.4 Å². The molecule has 0 bridgehead atoms. The van der Waals surface area contributed by atoms with Gasteiger partial charge in [0.05, 0.1) is 11.1 Å². The number of hydrogen-bond donors (Lipinski definition) is 4. The monoisotopic (exact) mass is 1100 g/mol. The normalized spacial score (nSPS) is 16.5. The van der Waals surface area contributed by atoms with Crippen LogP contribution in [0.1, 0.15) is 194 Å². The summed E-state index contributed by atoms with van der Waals surface area (Å²) in [6, 6.07) is 9.94. The molecule has 0 radical (unpaired) electrons. The molecule has 0 unspecified atom stereocenters. The van der Waals surface area contributed by atoms with Crippen LogP contribution in [-0.4, -0.2) is 107 Å². The highest BCUT2D eigenvalue weighted by Crippen LogP contribution is 2.30. The van der Waals surface area contributed by atoms with Gasteiger partial charge in [0.15, 0.2) is 6.79 Å². The number of phenols is 1. The molecule has 16 nitrogen and oxygen atoms in total. The molecule has 78 heavy (non-hydrogen) atoms. The maximum Gasteiger partial charge on any atom is 0.329 e. The summed E-state index contributed by atoms with van der Waals surface area (Å²) in [5.41, 5.74) is 12.5. The number of benzene rings is 2. The van der Waals surface area contributed by atoms with Crippen molar-refractivity contribution in [3.05, 3.63) is 83.2 Å². The average Bonchev–Trinajstić information content (AvgIpc) is 4.11. The zero-order valence-electron chi connectivity index (χ0n) is 48.4. The Bertz CT molecular complexity index is 2230. The van der Waals surface area contributed by atoms with Crippen LogP contribution in [0.25, 0.3) is 0 Å². The molecule has 4 rings (SSSR count). The maximum atomic E-state index is 13.8. The molecule has 2 aromatic rings. The Hall–Kier alpha value is -5.52. The Morgan fingerprint density at radius 3 is 1.54 bits per heavy atom. The van der Waals surface area contributed by atoms with E-state index in [-0.39, 0.29) is 54.0 Å². The number of phenolic OH excluding ortho intramolecular Hbond substituents is 1. The van der Waals surface area contributed by atoms with Crippen LogP contribution in [0.15, 0.2) is 61.0 Å². The van der Waals surface area contributed by atoms with Crippen LogP contribution in [0.4, 0.5) is 0 Å². The highest BCUT2D eigenvalue weighted by molar-refractivity contribution is 6.76. The van der Waals surface area contributed by atoms with Gasteiger partial charge in [0.1, 0.15) is 41.9 Å². The zero-order chi connectivity index (χ0) is 57.6. The van der Waals surface area contributed by atoms with Gasteiger partial charge in [-0.05, 0) is 120 Å². The van der Waals surface area contributed by atoms with E-state index < -0.39 is 44.0 Å². The predicted octanol–water partition coefficient (Wildman–Crippen LogP) is 11.5. The Labute approximate surface area is 467 Å². The topological polar surface area (TPSA) is 238 Å². The number of aliphatic hydroxyl groups is 1. The van der Waals surface area contributed by atoms with E-state index >= 15 is 0 Å². The van der Waals surface area contributed by atoms with Crippen molar-refractivity contribution < 1.29 is 57.9 Å². The first-order valence-corrected chi connectivity index (χ1v) is 32.7. The molecule has 6 atom stereocenters. The summed E-state index contributed by atoms with van der Waals surface area (Å²) in [7, 11) is -1.21. The van der Waals surface area contributed by atoms with Crippen LogP contribution in [0.3, 0.4) is 0 Å². The molecule has 17 heteroatoms. The fraction of sp³-hybridized carbons (Fsp3) is 0.639. The minimum Gasteiger partial charge on any atom is -0.507 e. The standard InChI is InChI=1S/C34H56N2O6Si.C27H40N2O6/c1-7-8-9-12-18-28(19-13-10-11-16-27(3)32(35)37)42-34(39)29-20-15-22-36(29)33(38)31-26(2)17-14-21-30(31)41-25-40-23-24-43(4,5)6;1-3-4-5-7-13-20(14-8-6-9-16-23(31)25(28)32)35-27(34)21-15-11-18-29(21)26(33)24-19(2)12-10-17-22(24)30/h14-15,17,21-22,27-29H,7-13,16,18-20,23-25H2,1-6H3,(H2,35,37);10-12,17-18,20-21,23,30-31H,3-9,13-16H2,1-2H3,(H2,28,32)/t27-,28-,29+;20-,21+,23-/m11/s1. The van der Waals surface area contributed by atoms with Crippen LogP contribution < -0.4 is 16.2 Å². The number of ether oxygens (including phenoxy) is 4. The van der Waals surface area contributed by atoms with Gasteiger partial charge in [-0.2, -0.15) is 0 Å². The fourth-order valence-corrected chi connectivity index (χ4v) is 10.2. The summed E-state index contributed by atoms with van der Waals surface area (Å²) in [5.74, 6) is -2.28. The fourth-order valence-electron chi connectivity index (χ4n) is 9.42. The zero-order valence-corrected chi connectivity index (χ0v) is 49.4. The molecular weight excluding hydrogens is 1010 g/mol. The minimum absolute atomic E-state index is 0.0661. The van der Waals surface area contributed by atoms with E-state index in [1.165, 1.54) is 15.9 Å². The van der Waals surface area contributed by atoms with E-state index in [9.17, 15) is 39.0 Å². The second-order valence-corrected chi connectivity index (χ2v) is 28.0. The molecule has 0 fully saturated rings. The number of carbonyl (C=O) groups excluding carboxylic acids is 6. The second kappa shape index (κ2) is 35.9. The summed E-state index contributed by atoms with van der Waals surface area (Å²) in [4.78, 5) is 78.7. The number of primary amides is 2. The van der Waals surface area contributed by atoms with Gasteiger partial charge in [0, 0.05) is 33.0 Å². The summed E-state index contributed by atoms with van der Waals surface area (Å²) >= 11 is 0. The first-order valence-electron chi connectivity index (χ1n) is 29.0. The molecule has 0 aromatic heterocycles. The maximum absolute atomic E-state index is 13.8. The third kappa shape index (κ3) is 23.8. The molecule has 4 amide bonds. The van der Waals surface area contributed by atoms with Crippen molar-refractivity contribution in [2.24, 2.45) is 17.4 Å². The summed E-state index contributed by atoms with van der Waals surface area (Å²) in [6.45, 7) is 17.4. The van der Waals surface area contributed by atoms with Crippen molar-refractivity contribution in [1.29, 1.82) is 0 Å². The van der Waals surface area contributed by atoms with E-state index in [1.807, 2.05) is 32.1 Å². The van der Waals surface area contributed by atoms with E-state index in [1.54, 1.807) is 43.6 Å². The van der Waals surface area contributed by atoms with E-state index in [0.717, 1.165) is 121 Å². The predicted molar refractivity (Wildman–Crippen MR) is 308 cm³/mol. The molecular formula is C61H96N4O12Si. The van der Waals surface area contributed by atoms with Crippen molar-refractivity contribution in [2.45, 2.75) is 232 Å². The molecule has 6 N–H and O–H groups in total. The number of aromatic hydroxyl groups is 1. The lowest BCUT2D eigenvalue weighted by Crippen LogP contribution is -2.41. The number of esters is 2. The van der Waals surface area contributed by atoms with Crippen molar-refractivity contribution in [2.75, 3.05) is 13.4 Å². The quantitative estimate of drug-likeness (QED) is 0.0216. The lowest BCUT2D eigenvalue weighted by atomic mass is 9.99. The van der Waals surface area contributed by atoms with Gasteiger partial charge in [-0.15, -0.1) is 0 Å². The highest BCUT2D eigenvalue weighted by atomic mass is 28.3. The number of aliphatic hydroxyl groups excluding tert-OH is 1. The Morgan fingerprint density at radius 2 is 1.08 bits per heavy atom. The number of nitrogens with zero attached hydrogens (tertiary/aromatic N) is 2. The first kappa shape index (κ1) is 66.8. The smallest absolute Gasteiger partial charge is 0.329 e. The van der Waals surface area contributed by atoms with Gasteiger partial charge in [0.25, 0.3) is 11.8 Å². The van der Waals surface area contributed by atoms with E-state index in [0.29, 0.717) is 55.6 Å². The summed E-state index contributed by atoms with van der Waals surface area (Å²) < 4.78 is 23.6. The number of nitrogens with two attached hydrogens (primary N) is 2. The van der Waals surface area contributed by atoms with Crippen molar-refractivity contribution >= 4 is 43.6 Å². The number of amides is 4. The number of carbonyl (C=O) groups is 6. The van der Waals surface area contributed by atoms with Crippen molar-refractivity contribution in [3.63, 3.8) is 0 Å². The molecule has 2 aromatic carbocycles. The largest absolute Gasteiger partial charge is 0.507 e. The number of unbranched alkanes of at least 4 members (excludes halogenated alkanes) is 10.